The van der Waals surface area contributed by atoms with Gasteiger partial charge in [0.15, 0.2) is 0 Å². The predicted octanol–water partition coefficient (Wildman–Crippen LogP) is 4.11. The number of nitrogens with one attached hydrogen (secondary N) is 1. The van der Waals surface area contributed by atoms with Gasteiger partial charge in [-0.05, 0) is 23.8 Å². The highest BCUT2D eigenvalue weighted by Crippen LogP contribution is 2.20. The molecule has 0 saturated carbocycles. The van der Waals surface area contributed by atoms with Crippen LogP contribution in [-0.4, -0.2) is 24.3 Å². The van der Waals surface area contributed by atoms with Gasteiger partial charge in [-0.25, -0.2) is 0 Å². The fourth-order valence-electron chi connectivity index (χ4n) is 2.53. The van der Waals surface area contributed by atoms with Gasteiger partial charge in [0.1, 0.15) is 6.10 Å². The van der Waals surface area contributed by atoms with Gasteiger partial charge in [-0.2, -0.15) is 0 Å². The number of carbonyl (C=O) groups excluding carboxylic acids is 1. The maximum Gasteiger partial charge on any atom is 0.253 e. The van der Waals surface area contributed by atoms with E-state index in [0.29, 0.717) is 28.6 Å². The third-order valence-corrected chi connectivity index (χ3v) is 4.29. The van der Waals surface area contributed by atoms with Gasteiger partial charge < -0.3 is 10.2 Å². The minimum Gasteiger partial charge on any atom is -0.392 e. The van der Waals surface area contributed by atoms with Crippen molar-refractivity contribution in [3.05, 3.63) is 69.7 Å². The summed E-state index contributed by atoms with van der Waals surface area (Å²) < 4.78 is 0. The molecule has 24 heavy (non-hydrogen) atoms. The maximum atomic E-state index is 12.2. The highest BCUT2D eigenvalue weighted by Gasteiger charge is 2.22. The third-order valence-electron chi connectivity index (χ3n) is 3.73. The number of oxime groups is 1. The smallest absolute Gasteiger partial charge is 0.253 e. The Kier molecular flexibility index (Phi) is 5.38. The third kappa shape index (κ3) is 4.28. The van der Waals surface area contributed by atoms with Gasteiger partial charge in [0, 0.05) is 17.9 Å². The predicted molar refractivity (Wildman–Crippen MR) is 95.9 cm³/mol. The molecule has 0 radical (unpaired) electrons. The molecule has 4 nitrogen and oxygen atoms in total. The van der Waals surface area contributed by atoms with E-state index in [0.717, 1.165) is 12.1 Å². The summed E-state index contributed by atoms with van der Waals surface area (Å²) in [4.78, 5) is 17.6. The molecule has 2 aromatic carbocycles. The maximum absolute atomic E-state index is 12.2. The van der Waals surface area contributed by atoms with E-state index in [9.17, 15) is 4.79 Å². The molecule has 1 unspecified atom stereocenters. The number of nitrogens with zero attached hydrogens (tertiary/aromatic N) is 1. The highest BCUT2D eigenvalue weighted by molar-refractivity contribution is 6.35. The Labute approximate surface area is 150 Å². The van der Waals surface area contributed by atoms with Crippen LogP contribution in [0.25, 0.3) is 0 Å². The highest BCUT2D eigenvalue weighted by atomic mass is 35.5. The summed E-state index contributed by atoms with van der Waals surface area (Å²) in [5, 5.41) is 7.69. The van der Waals surface area contributed by atoms with E-state index in [-0.39, 0.29) is 12.0 Å². The lowest BCUT2D eigenvalue weighted by molar-refractivity contribution is 0.0859. The van der Waals surface area contributed by atoms with E-state index < -0.39 is 0 Å². The van der Waals surface area contributed by atoms with Crippen LogP contribution in [0.2, 0.25) is 10.0 Å². The van der Waals surface area contributed by atoms with Gasteiger partial charge in [-0.1, -0.05) is 58.7 Å². The van der Waals surface area contributed by atoms with Crippen molar-refractivity contribution in [2.75, 3.05) is 6.54 Å². The summed E-state index contributed by atoms with van der Waals surface area (Å²) in [6.07, 6.45) is 1.49. The van der Waals surface area contributed by atoms with Crippen LogP contribution in [0, 0.1) is 0 Å². The summed E-state index contributed by atoms with van der Waals surface area (Å²) in [5.74, 6) is -0.281. The number of hydrogen-bond donors (Lipinski definition) is 1. The summed E-state index contributed by atoms with van der Waals surface area (Å²) in [7, 11) is 0. The average molecular weight is 363 g/mol. The summed E-state index contributed by atoms with van der Waals surface area (Å²) >= 11 is 11.9. The largest absolute Gasteiger partial charge is 0.392 e. The lowest BCUT2D eigenvalue weighted by atomic mass is 10.0. The van der Waals surface area contributed by atoms with Gasteiger partial charge in [-0.3, -0.25) is 4.79 Å². The lowest BCUT2D eigenvalue weighted by Crippen LogP contribution is -2.29. The molecular formula is C18H16Cl2N2O2. The zero-order valence-corrected chi connectivity index (χ0v) is 14.3. The van der Waals surface area contributed by atoms with Crippen molar-refractivity contribution in [3.63, 3.8) is 0 Å². The van der Waals surface area contributed by atoms with E-state index in [1.165, 1.54) is 5.56 Å². The second-order valence-corrected chi connectivity index (χ2v) is 6.43. The van der Waals surface area contributed by atoms with Crippen LogP contribution >= 0.6 is 23.2 Å². The molecule has 1 N–H and O–H groups in total. The Hall–Kier alpha value is -2.04. The van der Waals surface area contributed by atoms with Gasteiger partial charge in [-0.15, -0.1) is 0 Å². The van der Waals surface area contributed by atoms with E-state index in [1.807, 2.05) is 18.2 Å². The van der Waals surface area contributed by atoms with E-state index in [2.05, 4.69) is 22.6 Å². The lowest BCUT2D eigenvalue weighted by Gasteiger charge is -2.08. The first-order valence-electron chi connectivity index (χ1n) is 7.60. The van der Waals surface area contributed by atoms with E-state index in [4.69, 9.17) is 28.0 Å². The first-order chi connectivity index (χ1) is 11.6. The molecule has 1 atom stereocenters. The van der Waals surface area contributed by atoms with Crippen LogP contribution in [0.3, 0.4) is 0 Å². The fourth-order valence-corrected chi connectivity index (χ4v) is 2.90. The standard InChI is InChI=1S/C18H16Cl2N2O2/c19-13-6-7-17(20)16(9-13)18(23)21-11-14-10-15(24-22-14)8-12-4-2-1-3-5-12/h1-7,9,15H,8,10-11H2,(H,21,23). The zero-order valence-electron chi connectivity index (χ0n) is 12.8. The molecule has 0 aliphatic carbocycles. The van der Waals surface area contributed by atoms with E-state index >= 15 is 0 Å². The Morgan fingerprint density at radius 2 is 2.00 bits per heavy atom. The second kappa shape index (κ2) is 7.69. The van der Waals surface area contributed by atoms with Crippen LogP contribution in [0.5, 0.6) is 0 Å². The van der Waals surface area contributed by atoms with Crippen molar-refractivity contribution in [2.45, 2.75) is 18.9 Å². The Bertz CT molecular complexity index is 763. The number of amides is 1. The van der Waals surface area contributed by atoms with Crippen LogP contribution < -0.4 is 5.32 Å². The monoisotopic (exact) mass is 362 g/mol. The first kappa shape index (κ1) is 16.8. The van der Waals surface area contributed by atoms with Crippen molar-refractivity contribution in [1.29, 1.82) is 0 Å². The molecule has 0 bridgehead atoms. The average Bonchev–Trinajstić information content (AvgIpc) is 3.03. The summed E-state index contributed by atoms with van der Waals surface area (Å²) in [6, 6.07) is 14.9. The molecule has 1 amide bonds. The molecule has 0 saturated heterocycles. The number of rotatable bonds is 5. The molecular weight excluding hydrogens is 347 g/mol. The Balaban J connectivity index is 1.51. The van der Waals surface area contributed by atoms with Gasteiger partial charge in [0.2, 0.25) is 0 Å². The molecule has 0 fully saturated rings. The number of benzene rings is 2. The van der Waals surface area contributed by atoms with Crippen molar-refractivity contribution in [1.82, 2.24) is 5.32 Å². The molecule has 1 aliphatic heterocycles. The van der Waals surface area contributed by atoms with E-state index in [1.54, 1.807) is 18.2 Å². The molecule has 0 spiro atoms. The molecule has 2 aromatic rings. The second-order valence-electron chi connectivity index (χ2n) is 5.59. The Morgan fingerprint density at radius 1 is 1.21 bits per heavy atom. The topological polar surface area (TPSA) is 50.7 Å². The number of halogens is 2. The van der Waals surface area contributed by atoms with Crippen molar-refractivity contribution in [2.24, 2.45) is 5.16 Å². The number of carbonyl (C=O) groups is 1. The van der Waals surface area contributed by atoms with Crippen molar-refractivity contribution >= 4 is 34.8 Å². The normalized spacial score (nSPS) is 16.4. The number of hydrogen-bond acceptors (Lipinski definition) is 3. The Morgan fingerprint density at radius 3 is 2.79 bits per heavy atom. The van der Waals surface area contributed by atoms with Crippen LogP contribution in [0.4, 0.5) is 0 Å². The summed E-state index contributed by atoms with van der Waals surface area (Å²) in [5.41, 5.74) is 2.36. The molecule has 124 valence electrons. The van der Waals surface area contributed by atoms with Gasteiger partial charge >= 0.3 is 0 Å². The first-order valence-corrected chi connectivity index (χ1v) is 8.36. The molecule has 1 aliphatic rings. The van der Waals surface area contributed by atoms with Crippen LogP contribution in [0.15, 0.2) is 53.7 Å². The van der Waals surface area contributed by atoms with Crippen LogP contribution in [-0.2, 0) is 11.3 Å². The molecule has 1 heterocycles. The molecule has 6 heteroatoms. The minimum atomic E-state index is -0.281. The van der Waals surface area contributed by atoms with Crippen molar-refractivity contribution < 1.29 is 9.63 Å². The zero-order chi connectivity index (χ0) is 16.9. The molecule has 0 aromatic heterocycles. The van der Waals surface area contributed by atoms with Gasteiger partial charge in [0.25, 0.3) is 5.91 Å². The van der Waals surface area contributed by atoms with Gasteiger partial charge in [0.05, 0.1) is 22.8 Å². The fraction of sp³-hybridized carbons (Fsp3) is 0.222. The molecule has 3 rings (SSSR count). The summed E-state index contributed by atoms with van der Waals surface area (Å²) in [6.45, 7) is 0.326. The van der Waals surface area contributed by atoms with Crippen molar-refractivity contribution in [3.8, 4) is 0 Å². The van der Waals surface area contributed by atoms with Crippen LogP contribution in [0.1, 0.15) is 22.3 Å². The SMILES string of the molecule is O=C(NCC1=NOC(Cc2ccccc2)C1)c1cc(Cl)ccc1Cl. The quantitative estimate of drug-likeness (QED) is 0.869. The minimum absolute atomic E-state index is 0.00839.